The quantitative estimate of drug-likeness (QED) is 0.605. The van der Waals surface area contributed by atoms with Gasteiger partial charge in [-0.05, 0) is 49.6 Å². The minimum atomic E-state index is -4.07. The normalized spacial score (nSPS) is 11.8. The van der Waals surface area contributed by atoms with Crippen molar-refractivity contribution in [2.45, 2.75) is 38.9 Å². The van der Waals surface area contributed by atoms with Crippen molar-refractivity contribution in [1.29, 1.82) is 0 Å². The van der Waals surface area contributed by atoms with E-state index in [0.29, 0.717) is 19.5 Å². The Balaban J connectivity index is 2.20. The summed E-state index contributed by atoms with van der Waals surface area (Å²) in [6.07, 6.45) is -4.22. The maximum Gasteiger partial charge on any atom is 0.389 e. The largest absolute Gasteiger partial charge is 0.389 e. The van der Waals surface area contributed by atoms with Crippen LogP contribution in [0.25, 0.3) is 0 Å². The molecule has 0 amide bonds. The van der Waals surface area contributed by atoms with Gasteiger partial charge >= 0.3 is 6.18 Å². The van der Waals surface area contributed by atoms with Crippen LogP contribution in [0.1, 0.15) is 30.4 Å². The maximum absolute atomic E-state index is 13.0. The molecule has 0 aliphatic rings. The van der Waals surface area contributed by atoms with Gasteiger partial charge in [0.1, 0.15) is 5.82 Å². The lowest BCUT2D eigenvalue weighted by atomic mass is 10.1. The van der Waals surface area contributed by atoms with Crippen LogP contribution in [0.5, 0.6) is 0 Å². The van der Waals surface area contributed by atoms with Crippen LogP contribution < -0.4 is 5.32 Å². The van der Waals surface area contributed by atoms with Gasteiger partial charge in [0.2, 0.25) is 0 Å². The first-order valence-corrected chi connectivity index (χ1v) is 5.91. The van der Waals surface area contributed by atoms with Gasteiger partial charge in [0.05, 0.1) is 0 Å². The third-order valence-electron chi connectivity index (χ3n) is 2.69. The summed E-state index contributed by atoms with van der Waals surface area (Å²) in [4.78, 5) is 0. The van der Waals surface area contributed by atoms with Crippen LogP contribution in [0.3, 0.4) is 0 Å². The molecule has 0 heterocycles. The van der Waals surface area contributed by atoms with Crippen molar-refractivity contribution < 1.29 is 17.6 Å². The van der Waals surface area contributed by atoms with Crippen LogP contribution in [-0.4, -0.2) is 12.7 Å². The highest BCUT2D eigenvalue weighted by Crippen LogP contribution is 2.21. The minimum absolute atomic E-state index is 0.124. The zero-order valence-corrected chi connectivity index (χ0v) is 10.3. The fourth-order valence-electron chi connectivity index (χ4n) is 1.63. The van der Waals surface area contributed by atoms with Gasteiger partial charge in [0, 0.05) is 13.0 Å². The number of rotatable bonds is 6. The summed E-state index contributed by atoms with van der Waals surface area (Å²) in [5.41, 5.74) is 1.81. The smallest absolute Gasteiger partial charge is 0.313 e. The van der Waals surface area contributed by atoms with E-state index in [2.05, 4.69) is 5.32 Å². The van der Waals surface area contributed by atoms with Crippen molar-refractivity contribution >= 4 is 0 Å². The third kappa shape index (κ3) is 6.00. The molecule has 0 radical (unpaired) electrons. The lowest BCUT2D eigenvalue weighted by Gasteiger charge is -2.09. The van der Waals surface area contributed by atoms with Gasteiger partial charge in [0.15, 0.2) is 0 Å². The van der Waals surface area contributed by atoms with Crippen LogP contribution in [-0.2, 0) is 6.54 Å². The van der Waals surface area contributed by atoms with Crippen LogP contribution in [0.2, 0.25) is 0 Å². The summed E-state index contributed by atoms with van der Waals surface area (Å²) in [6, 6.07) is 4.52. The molecule has 0 bridgehead atoms. The molecule has 102 valence electrons. The molecule has 0 atom stereocenters. The van der Waals surface area contributed by atoms with Gasteiger partial charge in [-0.25, -0.2) is 4.39 Å². The third-order valence-corrected chi connectivity index (χ3v) is 2.69. The number of aryl methyl sites for hydroxylation is 1. The van der Waals surface area contributed by atoms with Crippen LogP contribution in [0.4, 0.5) is 17.6 Å². The molecule has 1 aromatic rings. The van der Waals surface area contributed by atoms with Gasteiger partial charge in [-0.15, -0.1) is 0 Å². The molecular weight excluding hydrogens is 246 g/mol. The molecule has 0 aromatic heterocycles. The predicted molar refractivity (Wildman–Crippen MR) is 62.7 cm³/mol. The number of benzene rings is 1. The molecule has 0 fully saturated rings. The summed E-state index contributed by atoms with van der Waals surface area (Å²) in [5.74, 6) is -0.297. The van der Waals surface area contributed by atoms with E-state index in [1.165, 1.54) is 12.1 Å². The number of unbranched alkanes of at least 4 members (excludes halogenated alkanes) is 1. The van der Waals surface area contributed by atoms with Crippen LogP contribution in [0, 0.1) is 12.7 Å². The lowest BCUT2D eigenvalue weighted by molar-refractivity contribution is -0.135. The van der Waals surface area contributed by atoms with E-state index in [1.807, 2.05) is 6.92 Å². The molecule has 0 saturated heterocycles. The number of halogens is 4. The maximum atomic E-state index is 13.0. The average molecular weight is 263 g/mol. The van der Waals surface area contributed by atoms with Crippen LogP contribution in [0.15, 0.2) is 18.2 Å². The molecule has 1 aromatic carbocycles. The molecule has 0 spiro atoms. The highest BCUT2D eigenvalue weighted by atomic mass is 19.4. The summed E-state index contributed by atoms with van der Waals surface area (Å²) < 4.78 is 48.6. The molecule has 0 aliphatic carbocycles. The monoisotopic (exact) mass is 263 g/mol. The first kappa shape index (κ1) is 15.0. The van der Waals surface area contributed by atoms with Gasteiger partial charge in [0.25, 0.3) is 0 Å². The molecule has 0 unspecified atom stereocenters. The standard InChI is InChI=1S/C13H17F4N/c1-10-4-5-12(14)8-11(10)9-18-7-3-2-6-13(15,16)17/h4-5,8,18H,2-3,6-7,9H2,1H3. The molecule has 18 heavy (non-hydrogen) atoms. The second-order valence-electron chi connectivity index (χ2n) is 4.32. The zero-order valence-electron chi connectivity index (χ0n) is 10.3. The zero-order chi connectivity index (χ0) is 13.6. The molecule has 1 rings (SSSR count). The molecule has 0 aliphatic heterocycles. The van der Waals surface area contributed by atoms with Gasteiger partial charge in [-0.3, -0.25) is 0 Å². The van der Waals surface area contributed by atoms with Crippen molar-refractivity contribution in [2.24, 2.45) is 0 Å². The Morgan fingerprint density at radius 2 is 1.89 bits per heavy atom. The Hall–Kier alpha value is -1.10. The SMILES string of the molecule is Cc1ccc(F)cc1CNCCCCC(F)(F)F. The fourth-order valence-corrected chi connectivity index (χ4v) is 1.63. The van der Waals surface area contributed by atoms with E-state index in [1.54, 1.807) is 6.07 Å². The highest BCUT2D eigenvalue weighted by Gasteiger charge is 2.25. The number of hydrogen-bond acceptors (Lipinski definition) is 1. The van der Waals surface area contributed by atoms with E-state index < -0.39 is 12.6 Å². The lowest BCUT2D eigenvalue weighted by Crippen LogP contribution is -2.16. The number of nitrogens with one attached hydrogen (secondary N) is 1. The number of hydrogen-bond donors (Lipinski definition) is 1. The average Bonchev–Trinajstić information content (AvgIpc) is 2.26. The van der Waals surface area contributed by atoms with E-state index >= 15 is 0 Å². The first-order valence-electron chi connectivity index (χ1n) is 5.91. The minimum Gasteiger partial charge on any atom is -0.313 e. The Morgan fingerprint density at radius 3 is 2.56 bits per heavy atom. The van der Waals surface area contributed by atoms with Crippen molar-refractivity contribution in [3.63, 3.8) is 0 Å². The van der Waals surface area contributed by atoms with E-state index in [9.17, 15) is 17.6 Å². The topological polar surface area (TPSA) is 12.0 Å². The Bertz CT molecular complexity index is 374. The van der Waals surface area contributed by atoms with Crippen molar-refractivity contribution in [1.82, 2.24) is 5.32 Å². The molecule has 0 saturated carbocycles. The highest BCUT2D eigenvalue weighted by molar-refractivity contribution is 5.26. The Morgan fingerprint density at radius 1 is 1.17 bits per heavy atom. The van der Waals surface area contributed by atoms with Gasteiger partial charge in [-0.2, -0.15) is 13.2 Å². The second kappa shape index (κ2) is 6.73. The van der Waals surface area contributed by atoms with E-state index in [-0.39, 0.29) is 12.2 Å². The van der Waals surface area contributed by atoms with Gasteiger partial charge in [-0.1, -0.05) is 6.07 Å². The second-order valence-corrected chi connectivity index (χ2v) is 4.32. The summed E-state index contributed by atoms with van der Waals surface area (Å²) in [7, 11) is 0. The molecule has 5 heteroatoms. The van der Waals surface area contributed by atoms with Crippen molar-refractivity contribution in [2.75, 3.05) is 6.54 Å². The molecular formula is C13H17F4N. The first-order chi connectivity index (χ1) is 8.38. The molecule has 1 N–H and O–H groups in total. The molecule has 1 nitrogen and oxygen atoms in total. The van der Waals surface area contributed by atoms with Crippen molar-refractivity contribution in [3.05, 3.63) is 35.1 Å². The fraction of sp³-hybridized carbons (Fsp3) is 0.538. The summed E-state index contributed by atoms with van der Waals surface area (Å²) in [5, 5.41) is 3.02. The van der Waals surface area contributed by atoms with E-state index in [4.69, 9.17) is 0 Å². The summed E-state index contributed by atoms with van der Waals surface area (Å²) >= 11 is 0. The number of alkyl halides is 3. The van der Waals surface area contributed by atoms with Crippen LogP contribution >= 0.6 is 0 Å². The van der Waals surface area contributed by atoms with Crippen molar-refractivity contribution in [3.8, 4) is 0 Å². The van der Waals surface area contributed by atoms with E-state index in [0.717, 1.165) is 11.1 Å². The Labute approximate surface area is 104 Å². The summed E-state index contributed by atoms with van der Waals surface area (Å²) in [6.45, 7) is 2.86. The van der Waals surface area contributed by atoms with Gasteiger partial charge < -0.3 is 5.32 Å². The Kier molecular flexibility index (Phi) is 5.59. The predicted octanol–water partition coefficient (Wildman–Crippen LogP) is 3.96.